The Bertz CT molecular complexity index is 520. The zero-order chi connectivity index (χ0) is 12.4. The summed E-state index contributed by atoms with van der Waals surface area (Å²) in [6.07, 6.45) is 0. The molecule has 0 spiro atoms. The molecule has 2 rings (SSSR count). The van der Waals surface area contributed by atoms with Gasteiger partial charge >= 0.3 is 0 Å². The van der Waals surface area contributed by atoms with E-state index in [1.165, 1.54) is 0 Å². The Kier molecular flexibility index (Phi) is 3.57. The van der Waals surface area contributed by atoms with Crippen LogP contribution in [0.2, 0.25) is 0 Å². The third-order valence-electron chi connectivity index (χ3n) is 2.71. The molecule has 1 atom stereocenters. The number of anilines is 1. The predicted octanol–water partition coefficient (Wildman–Crippen LogP) is 2.64. The fourth-order valence-electron chi connectivity index (χ4n) is 1.88. The van der Waals surface area contributed by atoms with Gasteiger partial charge in [-0.3, -0.25) is 4.57 Å². The Morgan fingerprint density at radius 1 is 1.41 bits per heavy atom. The van der Waals surface area contributed by atoms with E-state index in [4.69, 9.17) is 5.73 Å². The minimum Gasteiger partial charge on any atom is -0.369 e. The summed E-state index contributed by atoms with van der Waals surface area (Å²) in [4.78, 5) is 8.89. The van der Waals surface area contributed by atoms with E-state index >= 15 is 0 Å². The van der Waals surface area contributed by atoms with Gasteiger partial charge in [-0.25, -0.2) is 9.97 Å². The fraction of sp³-hybridized carbons (Fsp3) is 0.500. The lowest BCUT2D eigenvalue weighted by atomic mass is 10.3. The smallest absolute Gasteiger partial charge is 0.202 e. The molecule has 0 aromatic carbocycles. The summed E-state index contributed by atoms with van der Waals surface area (Å²) in [6, 6.07) is 4.26. The molecule has 0 saturated heterocycles. The number of rotatable bonds is 4. The van der Waals surface area contributed by atoms with Crippen molar-refractivity contribution in [1.82, 2.24) is 14.5 Å². The molecule has 0 aliphatic rings. The molecular formula is C12H18N4S. The van der Waals surface area contributed by atoms with Gasteiger partial charge in [0.2, 0.25) is 5.95 Å². The minimum atomic E-state index is 0.319. The summed E-state index contributed by atoms with van der Waals surface area (Å²) < 4.78 is 2.03. The minimum absolute atomic E-state index is 0.319. The van der Waals surface area contributed by atoms with Crippen molar-refractivity contribution in [2.45, 2.75) is 26.8 Å². The Hall–Kier alpha value is -1.23. The zero-order valence-corrected chi connectivity index (χ0v) is 11.3. The predicted molar refractivity (Wildman–Crippen MR) is 74.4 cm³/mol. The van der Waals surface area contributed by atoms with Crippen molar-refractivity contribution in [3.8, 4) is 0 Å². The van der Waals surface area contributed by atoms with Crippen LogP contribution < -0.4 is 5.73 Å². The van der Waals surface area contributed by atoms with E-state index < -0.39 is 0 Å². The molecule has 0 aliphatic carbocycles. The van der Waals surface area contributed by atoms with E-state index in [9.17, 15) is 0 Å². The number of aryl methyl sites for hydroxylation is 1. The molecule has 17 heavy (non-hydrogen) atoms. The first kappa shape index (κ1) is 12.2. The van der Waals surface area contributed by atoms with E-state index in [0.717, 1.165) is 28.4 Å². The average molecular weight is 250 g/mol. The number of nitrogens with two attached hydrogens (primary N) is 1. The Morgan fingerprint density at radius 2 is 2.18 bits per heavy atom. The molecule has 2 heterocycles. The van der Waals surface area contributed by atoms with Crippen LogP contribution in [0.15, 0.2) is 12.1 Å². The van der Waals surface area contributed by atoms with Crippen LogP contribution in [-0.2, 0) is 0 Å². The number of hydrogen-bond acceptors (Lipinski definition) is 4. The van der Waals surface area contributed by atoms with Crippen molar-refractivity contribution in [2.24, 2.45) is 0 Å². The SMILES string of the molecule is CCSCC(C)n1c(N)nc2ccc(C)nc21. The standard InChI is InChI=1S/C12H18N4S/c1-4-17-7-9(3)16-11-10(15-12(16)13)6-5-8(2)14-11/h5-6,9H,4,7H2,1-3H3,(H2,13,15). The van der Waals surface area contributed by atoms with E-state index in [2.05, 4.69) is 23.8 Å². The first-order valence-electron chi connectivity index (χ1n) is 5.82. The Morgan fingerprint density at radius 3 is 2.88 bits per heavy atom. The number of fused-ring (bicyclic) bond motifs is 1. The van der Waals surface area contributed by atoms with Gasteiger partial charge in [-0.05, 0) is 31.7 Å². The van der Waals surface area contributed by atoms with Gasteiger partial charge in [0, 0.05) is 17.5 Å². The molecule has 4 nitrogen and oxygen atoms in total. The number of thioether (sulfide) groups is 1. The Labute approximate surface area is 106 Å². The lowest BCUT2D eigenvalue weighted by molar-refractivity contribution is 0.631. The number of pyridine rings is 1. The average Bonchev–Trinajstić information content (AvgIpc) is 2.61. The van der Waals surface area contributed by atoms with E-state index in [1.807, 2.05) is 35.4 Å². The first-order chi connectivity index (χ1) is 8.13. The topological polar surface area (TPSA) is 56.7 Å². The molecule has 0 amide bonds. The molecule has 0 radical (unpaired) electrons. The van der Waals surface area contributed by atoms with E-state index in [-0.39, 0.29) is 0 Å². The molecule has 2 aromatic heterocycles. The van der Waals surface area contributed by atoms with Crippen LogP contribution in [0.5, 0.6) is 0 Å². The highest BCUT2D eigenvalue weighted by Crippen LogP contribution is 2.23. The largest absolute Gasteiger partial charge is 0.369 e. The van der Waals surface area contributed by atoms with Crippen molar-refractivity contribution >= 4 is 28.9 Å². The molecule has 0 bridgehead atoms. The summed E-state index contributed by atoms with van der Waals surface area (Å²) in [6.45, 7) is 6.30. The van der Waals surface area contributed by atoms with Crippen LogP contribution >= 0.6 is 11.8 Å². The third-order valence-corrected chi connectivity index (χ3v) is 3.83. The highest BCUT2D eigenvalue weighted by atomic mass is 32.2. The van der Waals surface area contributed by atoms with Gasteiger partial charge in [-0.1, -0.05) is 6.92 Å². The molecular weight excluding hydrogens is 232 g/mol. The third kappa shape index (κ3) is 2.39. The van der Waals surface area contributed by atoms with Gasteiger partial charge in [0.05, 0.1) is 0 Å². The van der Waals surface area contributed by atoms with Gasteiger partial charge in [-0.2, -0.15) is 11.8 Å². The maximum Gasteiger partial charge on any atom is 0.202 e. The molecule has 5 heteroatoms. The summed E-state index contributed by atoms with van der Waals surface area (Å²) in [5.41, 5.74) is 8.74. The molecule has 0 aliphatic heterocycles. The van der Waals surface area contributed by atoms with Gasteiger partial charge in [0.15, 0.2) is 5.65 Å². The van der Waals surface area contributed by atoms with Crippen LogP contribution in [0.3, 0.4) is 0 Å². The van der Waals surface area contributed by atoms with Gasteiger partial charge < -0.3 is 5.73 Å². The second-order valence-electron chi connectivity index (χ2n) is 4.14. The monoisotopic (exact) mass is 250 g/mol. The number of imidazole rings is 1. The summed E-state index contributed by atoms with van der Waals surface area (Å²) in [5.74, 6) is 2.70. The maximum atomic E-state index is 5.98. The molecule has 0 saturated carbocycles. The quantitative estimate of drug-likeness (QED) is 0.906. The number of hydrogen-bond donors (Lipinski definition) is 1. The van der Waals surface area contributed by atoms with Crippen molar-refractivity contribution in [3.05, 3.63) is 17.8 Å². The highest BCUT2D eigenvalue weighted by molar-refractivity contribution is 7.99. The highest BCUT2D eigenvalue weighted by Gasteiger charge is 2.14. The summed E-state index contributed by atoms with van der Waals surface area (Å²) in [5, 5.41) is 0. The van der Waals surface area contributed by atoms with Gasteiger partial charge in [0.1, 0.15) is 5.52 Å². The maximum absolute atomic E-state index is 5.98. The van der Waals surface area contributed by atoms with Crippen LogP contribution in [0.25, 0.3) is 11.2 Å². The number of aromatic nitrogens is 3. The molecule has 1 unspecified atom stereocenters. The van der Waals surface area contributed by atoms with E-state index in [0.29, 0.717) is 12.0 Å². The lowest BCUT2D eigenvalue weighted by Gasteiger charge is -2.14. The van der Waals surface area contributed by atoms with Crippen molar-refractivity contribution < 1.29 is 0 Å². The van der Waals surface area contributed by atoms with Crippen LogP contribution in [0.4, 0.5) is 5.95 Å². The van der Waals surface area contributed by atoms with E-state index in [1.54, 1.807) is 0 Å². The molecule has 2 N–H and O–H groups in total. The van der Waals surface area contributed by atoms with Crippen LogP contribution in [-0.4, -0.2) is 26.0 Å². The molecule has 2 aromatic rings. The van der Waals surface area contributed by atoms with Crippen molar-refractivity contribution in [3.63, 3.8) is 0 Å². The van der Waals surface area contributed by atoms with Crippen molar-refractivity contribution in [1.29, 1.82) is 0 Å². The zero-order valence-electron chi connectivity index (χ0n) is 10.5. The summed E-state index contributed by atoms with van der Waals surface area (Å²) >= 11 is 1.90. The number of nitrogen functional groups attached to an aromatic ring is 1. The summed E-state index contributed by atoms with van der Waals surface area (Å²) in [7, 11) is 0. The second kappa shape index (κ2) is 4.96. The lowest BCUT2D eigenvalue weighted by Crippen LogP contribution is -2.12. The second-order valence-corrected chi connectivity index (χ2v) is 5.46. The normalized spacial score (nSPS) is 13.1. The molecule has 0 fully saturated rings. The fourth-order valence-corrected chi connectivity index (χ4v) is 2.61. The van der Waals surface area contributed by atoms with Gasteiger partial charge in [0.25, 0.3) is 0 Å². The van der Waals surface area contributed by atoms with Crippen LogP contribution in [0, 0.1) is 6.92 Å². The van der Waals surface area contributed by atoms with Crippen LogP contribution in [0.1, 0.15) is 25.6 Å². The Balaban J connectivity index is 2.44. The van der Waals surface area contributed by atoms with Gasteiger partial charge in [-0.15, -0.1) is 0 Å². The number of nitrogens with zero attached hydrogens (tertiary/aromatic N) is 3. The van der Waals surface area contributed by atoms with Crippen molar-refractivity contribution in [2.75, 3.05) is 17.2 Å². The first-order valence-corrected chi connectivity index (χ1v) is 6.97. The molecule has 92 valence electrons.